The van der Waals surface area contributed by atoms with Crippen molar-refractivity contribution in [3.8, 4) is 0 Å². The molecule has 0 atom stereocenters. The summed E-state index contributed by atoms with van der Waals surface area (Å²) in [5, 5.41) is 0. The Balaban J connectivity index is 2.27. The van der Waals surface area contributed by atoms with Gasteiger partial charge in [-0.2, -0.15) is 0 Å². The van der Waals surface area contributed by atoms with Gasteiger partial charge in [-0.3, -0.25) is 15.4 Å². The summed E-state index contributed by atoms with van der Waals surface area (Å²) in [7, 11) is 0. The van der Waals surface area contributed by atoms with E-state index in [4.69, 9.17) is 5.84 Å². The van der Waals surface area contributed by atoms with Gasteiger partial charge in [0.25, 0.3) is 0 Å². The van der Waals surface area contributed by atoms with Gasteiger partial charge in [0.1, 0.15) is 0 Å². The molecule has 0 aliphatic heterocycles. The van der Waals surface area contributed by atoms with Gasteiger partial charge in [0.2, 0.25) is 0 Å². The summed E-state index contributed by atoms with van der Waals surface area (Å²) in [4.78, 5) is 19.2. The number of rotatable bonds is 3. The average molecular weight is 217 g/mol. The van der Waals surface area contributed by atoms with Crippen molar-refractivity contribution in [2.75, 3.05) is 5.43 Å². The molecule has 6 nitrogen and oxygen atoms in total. The van der Waals surface area contributed by atoms with Gasteiger partial charge in [-0.15, -0.1) is 0 Å². The maximum atomic E-state index is 11.4. The van der Waals surface area contributed by atoms with Crippen LogP contribution in [0.2, 0.25) is 0 Å². The summed E-state index contributed by atoms with van der Waals surface area (Å²) in [6.45, 7) is 0.377. The van der Waals surface area contributed by atoms with E-state index in [-0.39, 0.29) is 5.69 Å². The fraction of sp³-hybridized carbons (Fsp3) is 0.100. The maximum Gasteiger partial charge on any atom is 0.347 e. The zero-order chi connectivity index (χ0) is 11.4. The molecule has 6 heteroatoms. The third kappa shape index (κ3) is 2.23. The van der Waals surface area contributed by atoms with E-state index in [2.05, 4.69) is 15.4 Å². The highest BCUT2D eigenvalue weighted by Gasteiger charge is 1.99. The first-order valence-corrected chi connectivity index (χ1v) is 4.72. The lowest BCUT2D eigenvalue weighted by molar-refractivity contribution is 0.711. The zero-order valence-corrected chi connectivity index (χ0v) is 8.50. The van der Waals surface area contributed by atoms with Gasteiger partial charge in [0, 0.05) is 18.6 Å². The molecule has 0 unspecified atom stereocenters. The molecular weight excluding hydrogens is 206 g/mol. The first kappa shape index (κ1) is 10.3. The van der Waals surface area contributed by atoms with E-state index in [1.54, 1.807) is 30.6 Å². The molecule has 0 bridgehead atoms. The third-order valence-electron chi connectivity index (χ3n) is 2.10. The van der Waals surface area contributed by atoms with Crippen LogP contribution in [-0.4, -0.2) is 14.5 Å². The van der Waals surface area contributed by atoms with Gasteiger partial charge >= 0.3 is 5.69 Å². The van der Waals surface area contributed by atoms with E-state index in [9.17, 15) is 4.79 Å². The molecule has 0 saturated heterocycles. The summed E-state index contributed by atoms with van der Waals surface area (Å²) >= 11 is 0. The number of nitrogens with one attached hydrogen (secondary N) is 1. The molecule has 3 N–H and O–H groups in total. The van der Waals surface area contributed by atoms with E-state index < -0.39 is 0 Å². The highest BCUT2D eigenvalue weighted by molar-refractivity contribution is 5.41. The van der Waals surface area contributed by atoms with Crippen LogP contribution in [0.1, 0.15) is 5.69 Å². The number of hydrazine groups is 1. The fourth-order valence-electron chi connectivity index (χ4n) is 1.34. The second-order valence-corrected chi connectivity index (χ2v) is 3.21. The van der Waals surface area contributed by atoms with Gasteiger partial charge in [-0.05, 0) is 18.2 Å². The van der Waals surface area contributed by atoms with Crippen LogP contribution in [0.5, 0.6) is 0 Å². The molecule has 0 amide bonds. The molecule has 2 rings (SSSR count). The van der Waals surface area contributed by atoms with Crippen molar-refractivity contribution in [1.82, 2.24) is 14.5 Å². The van der Waals surface area contributed by atoms with Crippen molar-refractivity contribution >= 4 is 5.69 Å². The summed E-state index contributed by atoms with van der Waals surface area (Å²) in [6.07, 6.45) is 4.76. The Morgan fingerprint density at radius 3 is 3.00 bits per heavy atom. The molecule has 2 aromatic rings. The molecule has 16 heavy (non-hydrogen) atoms. The Kier molecular flexibility index (Phi) is 2.93. The van der Waals surface area contributed by atoms with Gasteiger partial charge in [-0.25, -0.2) is 9.78 Å². The third-order valence-corrected chi connectivity index (χ3v) is 2.10. The quantitative estimate of drug-likeness (QED) is 0.557. The largest absolute Gasteiger partial charge is 0.347 e. The Hall–Kier alpha value is -2.21. The lowest BCUT2D eigenvalue weighted by Gasteiger charge is -2.05. The van der Waals surface area contributed by atoms with E-state index >= 15 is 0 Å². The van der Waals surface area contributed by atoms with E-state index in [1.165, 1.54) is 10.8 Å². The van der Waals surface area contributed by atoms with Crippen LogP contribution in [0.3, 0.4) is 0 Å². The Morgan fingerprint density at radius 1 is 1.38 bits per heavy atom. The first-order chi connectivity index (χ1) is 7.79. The van der Waals surface area contributed by atoms with Gasteiger partial charge in [0.15, 0.2) is 0 Å². The second kappa shape index (κ2) is 4.54. The molecule has 0 radical (unpaired) electrons. The number of hydrogen-bond acceptors (Lipinski definition) is 5. The predicted molar refractivity (Wildman–Crippen MR) is 59.6 cm³/mol. The van der Waals surface area contributed by atoms with Gasteiger partial charge in [0.05, 0.1) is 17.9 Å². The lowest BCUT2D eigenvalue weighted by atomic mass is 10.3. The number of nitrogens with two attached hydrogens (primary N) is 1. The van der Waals surface area contributed by atoms with E-state index in [1.807, 2.05) is 0 Å². The topological polar surface area (TPSA) is 85.8 Å². The highest BCUT2D eigenvalue weighted by Crippen LogP contribution is 2.06. The SMILES string of the molecule is NNc1ccnc(Cn2cccnc2=O)c1. The van der Waals surface area contributed by atoms with Crippen molar-refractivity contribution in [1.29, 1.82) is 0 Å². The minimum Gasteiger partial charge on any atom is -0.324 e. The predicted octanol–water partition coefficient (Wildman–Crippen LogP) is -0.0278. The van der Waals surface area contributed by atoms with Crippen LogP contribution in [0, 0.1) is 0 Å². The molecule has 2 heterocycles. The fourth-order valence-corrected chi connectivity index (χ4v) is 1.34. The number of hydrogen-bond donors (Lipinski definition) is 2. The molecule has 82 valence electrons. The summed E-state index contributed by atoms with van der Waals surface area (Å²) in [5.41, 5.74) is 3.72. The molecular formula is C10H11N5O. The van der Waals surface area contributed by atoms with Crippen molar-refractivity contribution < 1.29 is 0 Å². The van der Waals surface area contributed by atoms with Crippen LogP contribution in [-0.2, 0) is 6.54 Å². The first-order valence-electron chi connectivity index (χ1n) is 4.72. The monoisotopic (exact) mass is 217 g/mol. The molecule has 0 saturated carbocycles. The number of aromatic nitrogens is 3. The smallest absolute Gasteiger partial charge is 0.324 e. The van der Waals surface area contributed by atoms with E-state index in [0.717, 1.165) is 11.4 Å². The molecule has 0 aromatic carbocycles. The Morgan fingerprint density at radius 2 is 2.25 bits per heavy atom. The standard InChI is InChI=1S/C10H11N5O/c11-14-8-2-4-12-9(6-8)7-15-5-1-3-13-10(15)16/h1-6H,7,11H2,(H,12,14). The van der Waals surface area contributed by atoms with Crippen molar-refractivity contribution in [3.63, 3.8) is 0 Å². The summed E-state index contributed by atoms with van der Waals surface area (Å²) < 4.78 is 1.47. The molecule has 0 aliphatic carbocycles. The number of nitrogen functional groups attached to an aromatic ring is 1. The second-order valence-electron chi connectivity index (χ2n) is 3.21. The number of anilines is 1. The highest BCUT2D eigenvalue weighted by atomic mass is 16.1. The van der Waals surface area contributed by atoms with Crippen LogP contribution in [0.25, 0.3) is 0 Å². The Bertz CT molecular complexity index is 536. The average Bonchev–Trinajstić information content (AvgIpc) is 2.32. The molecule has 2 aromatic heterocycles. The minimum atomic E-state index is -0.296. The normalized spacial score (nSPS) is 10.1. The maximum absolute atomic E-state index is 11.4. The van der Waals surface area contributed by atoms with Gasteiger partial charge < -0.3 is 5.43 Å². The number of pyridine rings is 1. The van der Waals surface area contributed by atoms with Crippen LogP contribution < -0.4 is 17.0 Å². The molecule has 0 spiro atoms. The van der Waals surface area contributed by atoms with Crippen molar-refractivity contribution in [2.24, 2.45) is 5.84 Å². The van der Waals surface area contributed by atoms with Crippen LogP contribution >= 0.6 is 0 Å². The van der Waals surface area contributed by atoms with Crippen LogP contribution in [0.15, 0.2) is 41.6 Å². The van der Waals surface area contributed by atoms with Crippen molar-refractivity contribution in [3.05, 3.63) is 53.0 Å². The summed E-state index contributed by atoms with van der Waals surface area (Å²) in [6, 6.07) is 5.22. The van der Waals surface area contributed by atoms with Crippen LogP contribution in [0.4, 0.5) is 5.69 Å². The molecule has 0 aliphatic rings. The minimum absolute atomic E-state index is 0.296. The Labute approximate surface area is 91.7 Å². The van der Waals surface area contributed by atoms with Crippen molar-refractivity contribution in [2.45, 2.75) is 6.54 Å². The lowest BCUT2D eigenvalue weighted by Crippen LogP contribution is -2.22. The molecule has 0 fully saturated rings. The van der Waals surface area contributed by atoms with Gasteiger partial charge in [-0.1, -0.05) is 0 Å². The summed E-state index contributed by atoms with van der Waals surface area (Å²) in [5.74, 6) is 5.28. The van der Waals surface area contributed by atoms with E-state index in [0.29, 0.717) is 6.54 Å². The number of nitrogens with zero attached hydrogens (tertiary/aromatic N) is 3. The zero-order valence-electron chi connectivity index (χ0n) is 8.50.